The Morgan fingerprint density at radius 2 is 2.00 bits per heavy atom. The smallest absolute Gasteiger partial charge is 0.337 e. The molecule has 1 amide bonds. The number of phenols is 1. The van der Waals surface area contributed by atoms with Gasteiger partial charge in [0.2, 0.25) is 0 Å². The first-order valence-electron chi connectivity index (χ1n) is 5.28. The van der Waals surface area contributed by atoms with Gasteiger partial charge in [-0.15, -0.1) is 0 Å². The number of benzene rings is 1. The van der Waals surface area contributed by atoms with Crippen LogP contribution in [0.3, 0.4) is 0 Å². The van der Waals surface area contributed by atoms with Gasteiger partial charge in [-0.1, -0.05) is 6.07 Å². The minimum atomic E-state index is -2.03. The number of phenolic OH excluding ortho intramolecular Hbond substituents is 1. The number of carbonyl (C=O) groups is 2. The highest BCUT2D eigenvalue weighted by molar-refractivity contribution is 5.96. The molecular formula is C12H15NO5. The highest BCUT2D eigenvalue weighted by atomic mass is 16.4. The second-order valence-electron chi connectivity index (χ2n) is 4.21. The topological polar surface area (TPSA) is 107 Å². The van der Waals surface area contributed by atoms with Gasteiger partial charge in [0.15, 0.2) is 5.60 Å². The van der Waals surface area contributed by atoms with Gasteiger partial charge in [-0.05, 0) is 26.0 Å². The maximum Gasteiger partial charge on any atom is 0.337 e. The van der Waals surface area contributed by atoms with Crippen molar-refractivity contribution >= 4 is 11.9 Å². The van der Waals surface area contributed by atoms with Crippen molar-refractivity contribution in [3.8, 4) is 5.75 Å². The fourth-order valence-electron chi connectivity index (χ4n) is 1.29. The zero-order valence-electron chi connectivity index (χ0n) is 10.1. The first kappa shape index (κ1) is 14.0. The summed E-state index contributed by atoms with van der Waals surface area (Å²) in [5.41, 5.74) is -1.40. The van der Waals surface area contributed by atoms with Crippen molar-refractivity contribution < 1.29 is 24.9 Å². The second-order valence-corrected chi connectivity index (χ2v) is 4.21. The van der Waals surface area contributed by atoms with Crippen molar-refractivity contribution in [1.29, 1.82) is 0 Å². The van der Waals surface area contributed by atoms with E-state index >= 15 is 0 Å². The highest BCUT2D eigenvalue weighted by Crippen LogP contribution is 2.19. The average Bonchev–Trinajstić information content (AvgIpc) is 2.29. The number of carboxylic acid groups (broad SMARTS) is 1. The summed E-state index contributed by atoms with van der Waals surface area (Å²) in [6.07, 6.45) is 0. The molecule has 1 aromatic carbocycles. The van der Waals surface area contributed by atoms with Gasteiger partial charge in [0, 0.05) is 11.1 Å². The van der Waals surface area contributed by atoms with Gasteiger partial charge in [0.1, 0.15) is 5.75 Å². The van der Waals surface area contributed by atoms with Crippen LogP contribution in [0.25, 0.3) is 0 Å². The van der Waals surface area contributed by atoms with Crippen molar-refractivity contribution in [3.05, 3.63) is 29.3 Å². The summed E-state index contributed by atoms with van der Waals surface area (Å²) < 4.78 is 0. The van der Waals surface area contributed by atoms with Crippen LogP contribution in [0.2, 0.25) is 0 Å². The fourth-order valence-corrected chi connectivity index (χ4v) is 1.29. The van der Waals surface area contributed by atoms with Crippen LogP contribution in [0.5, 0.6) is 5.75 Å². The Balaban J connectivity index is 2.78. The summed E-state index contributed by atoms with van der Waals surface area (Å²) in [4.78, 5) is 22.4. The molecule has 0 aliphatic carbocycles. The molecule has 1 unspecified atom stereocenters. The number of amides is 1. The van der Waals surface area contributed by atoms with Crippen molar-refractivity contribution in [2.45, 2.75) is 19.4 Å². The number of rotatable bonds is 4. The van der Waals surface area contributed by atoms with Crippen molar-refractivity contribution in [2.75, 3.05) is 6.54 Å². The Kier molecular flexibility index (Phi) is 3.93. The molecule has 0 aromatic heterocycles. The Bertz CT molecular complexity index is 481. The molecule has 0 saturated heterocycles. The summed E-state index contributed by atoms with van der Waals surface area (Å²) in [5, 5.41) is 29.9. The summed E-state index contributed by atoms with van der Waals surface area (Å²) in [5.74, 6) is -1.99. The normalized spacial score (nSPS) is 13.7. The van der Waals surface area contributed by atoms with E-state index in [0.29, 0.717) is 5.56 Å². The number of hydrogen-bond acceptors (Lipinski definition) is 4. The molecule has 0 bridgehead atoms. The minimum absolute atomic E-state index is 0.0207. The van der Waals surface area contributed by atoms with Crippen LogP contribution in [0, 0.1) is 6.92 Å². The molecule has 98 valence electrons. The lowest BCUT2D eigenvalue weighted by Gasteiger charge is -2.18. The molecule has 0 fully saturated rings. The molecule has 18 heavy (non-hydrogen) atoms. The molecule has 1 atom stereocenters. The zero-order valence-corrected chi connectivity index (χ0v) is 10.1. The largest absolute Gasteiger partial charge is 0.508 e. The van der Waals surface area contributed by atoms with Gasteiger partial charge in [0.05, 0.1) is 6.54 Å². The zero-order chi connectivity index (χ0) is 13.9. The van der Waals surface area contributed by atoms with Crippen LogP contribution in [-0.2, 0) is 4.79 Å². The predicted molar refractivity (Wildman–Crippen MR) is 63.4 cm³/mol. The molecule has 0 aliphatic heterocycles. The van der Waals surface area contributed by atoms with Crippen LogP contribution in [0.1, 0.15) is 22.8 Å². The van der Waals surface area contributed by atoms with E-state index in [2.05, 4.69) is 5.32 Å². The van der Waals surface area contributed by atoms with Crippen molar-refractivity contribution in [2.24, 2.45) is 0 Å². The third kappa shape index (κ3) is 2.98. The Hall–Kier alpha value is -2.08. The highest BCUT2D eigenvalue weighted by Gasteiger charge is 2.30. The van der Waals surface area contributed by atoms with Crippen LogP contribution < -0.4 is 5.32 Å². The molecule has 4 N–H and O–H groups in total. The van der Waals surface area contributed by atoms with Crippen molar-refractivity contribution in [1.82, 2.24) is 5.32 Å². The molecule has 6 nitrogen and oxygen atoms in total. The quantitative estimate of drug-likeness (QED) is 0.616. The van der Waals surface area contributed by atoms with Crippen LogP contribution >= 0.6 is 0 Å². The van der Waals surface area contributed by atoms with E-state index in [9.17, 15) is 19.8 Å². The van der Waals surface area contributed by atoms with Gasteiger partial charge >= 0.3 is 5.97 Å². The number of carboxylic acids is 1. The van der Waals surface area contributed by atoms with Gasteiger partial charge in [-0.25, -0.2) is 4.79 Å². The number of aromatic hydroxyl groups is 1. The summed E-state index contributed by atoms with van der Waals surface area (Å²) >= 11 is 0. The molecule has 0 saturated carbocycles. The van der Waals surface area contributed by atoms with Crippen molar-refractivity contribution in [3.63, 3.8) is 0 Å². The van der Waals surface area contributed by atoms with E-state index in [0.717, 1.165) is 6.92 Å². The molecular weight excluding hydrogens is 238 g/mol. The van der Waals surface area contributed by atoms with Crippen LogP contribution in [0.4, 0.5) is 0 Å². The number of aliphatic hydroxyl groups is 1. The maximum absolute atomic E-state index is 11.8. The number of carbonyl (C=O) groups excluding carboxylic acids is 1. The molecule has 1 aromatic rings. The molecule has 0 radical (unpaired) electrons. The summed E-state index contributed by atoms with van der Waals surface area (Å²) in [7, 11) is 0. The van der Waals surface area contributed by atoms with Gasteiger partial charge < -0.3 is 20.6 Å². The number of nitrogens with one attached hydrogen (secondary N) is 1. The molecule has 0 spiro atoms. The summed E-state index contributed by atoms with van der Waals surface area (Å²) in [6.45, 7) is 2.24. The van der Waals surface area contributed by atoms with E-state index in [1.54, 1.807) is 6.92 Å². The fraction of sp³-hybridized carbons (Fsp3) is 0.333. The molecule has 0 aliphatic rings. The molecule has 6 heteroatoms. The Morgan fingerprint density at radius 3 is 2.56 bits per heavy atom. The number of hydrogen-bond donors (Lipinski definition) is 4. The van der Waals surface area contributed by atoms with Gasteiger partial charge in [0.25, 0.3) is 5.91 Å². The Labute approximate surface area is 104 Å². The summed E-state index contributed by atoms with van der Waals surface area (Å²) in [6, 6.07) is 4.45. The van der Waals surface area contributed by atoms with Crippen LogP contribution in [0.15, 0.2) is 18.2 Å². The predicted octanol–water partition coefficient (Wildman–Crippen LogP) is 0.266. The lowest BCUT2D eigenvalue weighted by atomic mass is 10.1. The van der Waals surface area contributed by atoms with E-state index in [1.165, 1.54) is 18.2 Å². The van der Waals surface area contributed by atoms with Gasteiger partial charge in [-0.3, -0.25) is 4.79 Å². The van der Waals surface area contributed by atoms with Crippen LogP contribution in [-0.4, -0.2) is 39.3 Å². The van der Waals surface area contributed by atoms with E-state index in [4.69, 9.17) is 5.11 Å². The third-order valence-electron chi connectivity index (χ3n) is 2.60. The SMILES string of the molecule is Cc1c(O)cccc1C(=O)NCC(C)(O)C(=O)O. The minimum Gasteiger partial charge on any atom is -0.508 e. The lowest BCUT2D eigenvalue weighted by molar-refractivity contribution is -0.155. The molecule has 0 heterocycles. The first-order chi connectivity index (χ1) is 8.25. The molecule has 1 rings (SSSR count). The van der Waals surface area contributed by atoms with Gasteiger partial charge in [-0.2, -0.15) is 0 Å². The third-order valence-corrected chi connectivity index (χ3v) is 2.60. The van der Waals surface area contributed by atoms with E-state index in [-0.39, 0.29) is 11.3 Å². The first-order valence-corrected chi connectivity index (χ1v) is 5.28. The van der Waals surface area contributed by atoms with E-state index < -0.39 is 24.0 Å². The monoisotopic (exact) mass is 253 g/mol. The maximum atomic E-state index is 11.8. The lowest BCUT2D eigenvalue weighted by Crippen LogP contribution is -2.46. The standard InChI is InChI=1S/C12H15NO5/c1-7-8(4-3-5-9(7)14)10(15)13-6-12(2,18)11(16)17/h3-5,14,18H,6H2,1-2H3,(H,13,15)(H,16,17). The number of aliphatic carboxylic acids is 1. The van der Waals surface area contributed by atoms with E-state index in [1.807, 2.05) is 0 Å². The second kappa shape index (κ2) is 5.05. The average molecular weight is 253 g/mol. The Morgan fingerprint density at radius 1 is 1.39 bits per heavy atom.